The van der Waals surface area contributed by atoms with Gasteiger partial charge >= 0.3 is 5.97 Å². The summed E-state index contributed by atoms with van der Waals surface area (Å²) in [6.45, 7) is 14.2. The number of hydrogen-bond acceptors (Lipinski definition) is 8. The number of carbonyl (C=O) groups is 2. The van der Waals surface area contributed by atoms with E-state index in [4.69, 9.17) is 23.4 Å². The van der Waals surface area contributed by atoms with Crippen LogP contribution in [0.3, 0.4) is 0 Å². The predicted molar refractivity (Wildman–Crippen MR) is 122 cm³/mol. The number of epoxide rings is 1. The summed E-state index contributed by atoms with van der Waals surface area (Å²) in [4.78, 5) is 27.5. The van der Waals surface area contributed by atoms with Crippen LogP contribution < -0.4 is 0 Å². The Morgan fingerprint density at radius 1 is 1.11 bits per heavy atom. The van der Waals surface area contributed by atoms with Crippen molar-refractivity contribution in [1.82, 2.24) is 0 Å². The Bertz CT molecular complexity index is 1100. The van der Waals surface area contributed by atoms with Crippen LogP contribution in [0.25, 0.3) is 0 Å². The maximum Gasteiger partial charge on any atom is 0.339 e. The summed E-state index contributed by atoms with van der Waals surface area (Å²) in [7, 11) is 0. The first-order valence-corrected chi connectivity index (χ1v) is 12.7. The minimum absolute atomic E-state index is 0.00415. The number of furan rings is 1. The molecule has 5 aliphatic rings. The van der Waals surface area contributed by atoms with Crippen molar-refractivity contribution in [2.75, 3.05) is 6.61 Å². The molecule has 1 N–H and O–H groups in total. The van der Waals surface area contributed by atoms with Crippen LogP contribution in [0.2, 0.25) is 0 Å². The Balaban J connectivity index is 1.57. The molecule has 1 aromatic heterocycles. The summed E-state index contributed by atoms with van der Waals surface area (Å²) in [6, 6.07) is 1.76. The van der Waals surface area contributed by atoms with Gasteiger partial charge in [-0.2, -0.15) is 0 Å². The Morgan fingerprint density at radius 3 is 2.46 bits per heavy atom. The Kier molecular flexibility index (Phi) is 4.44. The van der Waals surface area contributed by atoms with Crippen LogP contribution in [-0.4, -0.2) is 52.7 Å². The van der Waals surface area contributed by atoms with Crippen molar-refractivity contribution >= 4 is 11.8 Å². The molecule has 8 heteroatoms. The molecule has 3 aliphatic heterocycles. The van der Waals surface area contributed by atoms with Crippen LogP contribution >= 0.6 is 0 Å². The fourth-order valence-corrected chi connectivity index (χ4v) is 9.49. The molecule has 1 aromatic rings. The van der Waals surface area contributed by atoms with Gasteiger partial charge in [0.25, 0.3) is 0 Å². The van der Waals surface area contributed by atoms with Crippen LogP contribution in [-0.2, 0) is 28.5 Å². The lowest BCUT2D eigenvalue weighted by molar-refractivity contribution is -0.306. The van der Waals surface area contributed by atoms with Crippen LogP contribution in [0.4, 0.5) is 0 Å². The molecule has 2 aliphatic carbocycles. The van der Waals surface area contributed by atoms with Gasteiger partial charge in [-0.1, -0.05) is 13.8 Å². The summed E-state index contributed by atoms with van der Waals surface area (Å²) < 4.78 is 30.4. The van der Waals surface area contributed by atoms with E-state index in [2.05, 4.69) is 6.92 Å². The van der Waals surface area contributed by atoms with Gasteiger partial charge in [-0.05, 0) is 47.1 Å². The molecule has 8 nitrogen and oxygen atoms in total. The van der Waals surface area contributed by atoms with Gasteiger partial charge in [0.2, 0.25) is 0 Å². The van der Waals surface area contributed by atoms with Crippen molar-refractivity contribution in [1.29, 1.82) is 0 Å². The zero-order valence-electron chi connectivity index (χ0n) is 21.5. The fraction of sp³-hybridized carbons (Fsp3) is 0.778. The van der Waals surface area contributed by atoms with E-state index in [9.17, 15) is 14.7 Å². The van der Waals surface area contributed by atoms with Gasteiger partial charge < -0.3 is 28.5 Å². The summed E-state index contributed by atoms with van der Waals surface area (Å²) >= 11 is 0. The Labute approximate surface area is 205 Å². The molecule has 6 rings (SSSR count). The van der Waals surface area contributed by atoms with E-state index in [1.165, 1.54) is 6.26 Å². The Morgan fingerprint density at radius 2 is 1.83 bits per heavy atom. The standard InChI is InChI=1S/C27H36O8/c1-8-32-26(7)24(5)16(22(2,3)35-26)11-17(29)25(6)18(24)15(28)12-23(4)19(14-9-10-31-13-14)33-21(30)20-27(23,25)34-20/h9-10,13,15-16,18-20,28H,8,11-12H2,1-7H3/t15-,16+,18-,19-,20+,23-,24-,25+,26-,27+/m0/s1. The van der Waals surface area contributed by atoms with Crippen LogP contribution in [0.15, 0.2) is 23.0 Å². The molecule has 0 bridgehead atoms. The average molecular weight is 489 g/mol. The van der Waals surface area contributed by atoms with Crippen LogP contribution in [0.5, 0.6) is 0 Å². The van der Waals surface area contributed by atoms with Crippen molar-refractivity contribution in [3.8, 4) is 0 Å². The first kappa shape index (κ1) is 23.6. The first-order valence-electron chi connectivity index (χ1n) is 12.7. The molecule has 0 amide bonds. The van der Waals surface area contributed by atoms with E-state index in [0.29, 0.717) is 18.6 Å². The van der Waals surface area contributed by atoms with Crippen molar-refractivity contribution < 1.29 is 38.1 Å². The second-order valence-corrected chi connectivity index (χ2v) is 12.5. The predicted octanol–water partition coefficient (Wildman–Crippen LogP) is 3.57. The third-order valence-corrected chi connectivity index (χ3v) is 10.8. The molecule has 0 unspecified atom stereocenters. The van der Waals surface area contributed by atoms with Gasteiger partial charge in [0.15, 0.2) is 11.9 Å². The number of cyclic esters (lactones) is 1. The van der Waals surface area contributed by atoms with E-state index >= 15 is 0 Å². The number of fused-ring (bicyclic) bond motifs is 3. The highest BCUT2D eigenvalue weighted by Gasteiger charge is 2.91. The summed E-state index contributed by atoms with van der Waals surface area (Å²) in [5.74, 6) is -2.23. The number of Topliss-reactive ketones (excluding diaryl/α,β-unsaturated/α-hetero) is 1. The number of aliphatic hydroxyl groups is 1. The van der Waals surface area contributed by atoms with Crippen molar-refractivity contribution in [3.63, 3.8) is 0 Å². The molecule has 0 aromatic carbocycles. The zero-order valence-corrected chi connectivity index (χ0v) is 21.5. The second kappa shape index (κ2) is 6.57. The van der Waals surface area contributed by atoms with Gasteiger partial charge in [0.05, 0.1) is 29.6 Å². The molecule has 35 heavy (non-hydrogen) atoms. The number of aliphatic hydroxyl groups excluding tert-OH is 1. The highest BCUT2D eigenvalue weighted by molar-refractivity contribution is 5.93. The first-order chi connectivity index (χ1) is 16.2. The summed E-state index contributed by atoms with van der Waals surface area (Å²) in [6.07, 6.45) is 1.21. The molecule has 2 saturated carbocycles. The van der Waals surface area contributed by atoms with Crippen molar-refractivity contribution in [2.45, 2.75) is 96.6 Å². The number of ether oxygens (including phenoxy) is 4. The van der Waals surface area contributed by atoms with Gasteiger partial charge in [-0.25, -0.2) is 4.79 Å². The summed E-state index contributed by atoms with van der Waals surface area (Å²) in [5, 5.41) is 12.0. The zero-order chi connectivity index (χ0) is 25.4. The number of esters is 1. The molecule has 10 atom stereocenters. The minimum Gasteiger partial charge on any atom is -0.472 e. The lowest BCUT2D eigenvalue weighted by Crippen LogP contribution is -2.75. The quantitative estimate of drug-likeness (QED) is 0.508. The molecule has 3 saturated heterocycles. The van der Waals surface area contributed by atoms with Gasteiger partial charge in [-0.15, -0.1) is 0 Å². The fourth-order valence-electron chi connectivity index (χ4n) is 9.49. The molecule has 5 fully saturated rings. The molecule has 0 radical (unpaired) electrons. The number of ketones is 1. The molecule has 1 spiro atoms. The van der Waals surface area contributed by atoms with E-state index < -0.39 is 63.4 Å². The third-order valence-electron chi connectivity index (χ3n) is 10.8. The van der Waals surface area contributed by atoms with Crippen molar-refractivity contribution in [3.05, 3.63) is 24.2 Å². The highest BCUT2D eigenvalue weighted by Crippen LogP contribution is 2.80. The SMILES string of the molecule is CCO[C@@]1(C)OC(C)(C)[C@H]2CC(=O)[C@]3(C)[C@@H]([C@@H](O)C[C@@]4(C)[C@H](c5ccoc5)OC(=O)[C@H]5O[C@]543)[C@]21C. The maximum atomic E-state index is 14.3. The highest BCUT2D eigenvalue weighted by atomic mass is 16.7. The number of carbonyl (C=O) groups excluding carboxylic acids is 2. The minimum atomic E-state index is -1.15. The van der Waals surface area contributed by atoms with Gasteiger partial charge in [0.1, 0.15) is 17.5 Å². The van der Waals surface area contributed by atoms with Crippen LogP contribution in [0.1, 0.15) is 73.0 Å². The molecular weight excluding hydrogens is 452 g/mol. The van der Waals surface area contributed by atoms with E-state index in [1.807, 2.05) is 41.5 Å². The molecule has 4 heterocycles. The monoisotopic (exact) mass is 488 g/mol. The Hall–Kier alpha value is -1.74. The molecule has 192 valence electrons. The third kappa shape index (κ3) is 2.34. The number of rotatable bonds is 3. The van der Waals surface area contributed by atoms with E-state index in [-0.39, 0.29) is 18.1 Å². The maximum absolute atomic E-state index is 14.3. The summed E-state index contributed by atoms with van der Waals surface area (Å²) in [5.41, 5.74) is -3.75. The van der Waals surface area contributed by atoms with Crippen molar-refractivity contribution in [2.24, 2.45) is 28.1 Å². The van der Waals surface area contributed by atoms with Gasteiger partial charge in [-0.3, -0.25) is 4.79 Å². The average Bonchev–Trinajstić information content (AvgIpc) is 3.28. The second-order valence-electron chi connectivity index (χ2n) is 12.5. The topological polar surface area (TPSA) is 108 Å². The van der Waals surface area contributed by atoms with E-state index in [1.54, 1.807) is 12.3 Å². The molecular formula is C27H36O8. The smallest absolute Gasteiger partial charge is 0.339 e. The lowest BCUT2D eigenvalue weighted by Gasteiger charge is -2.66. The van der Waals surface area contributed by atoms with E-state index in [0.717, 1.165) is 0 Å². The number of hydrogen-bond donors (Lipinski definition) is 1. The lowest BCUT2D eigenvalue weighted by atomic mass is 9.36. The van der Waals surface area contributed by atoms with Gasteiger partial charge in [0, 0.05) is 41.3 Å². The largest absolute Gasteiger partial charge is 0.472 e. The van der Waals surface area contributed by atoms with Crippen LogP contribution in [0, 0.1) is 28.1 Å². The normalized spacial score (nSPS) is 53.8.